The molecule has 7 heteroatoms. The van der Waals surface area contributed by atoms with Crippen LogP contribution in [0.4, 0.5) is 13.6 Å². The minimum Gasteiger partial charge on any atom is -0.473 e. The van der Waals surface area contributed by atoms with Crippen molar-refractivity contribution in [1.82, 2.24) is 4.90 Å². The number of hydrogen-bond donors (Lipinski definition) is 0. The number of benzene rings is 2. The molecule has 1 amide bonds. The van der Waals surface area contributed by atoms with Gasteiger partial charge < -0.3 is 9.47 Å². The molecule has 0 aromatic heterocycles. The van der Waals surface area contributed by atoms with Crippen molar-refractivity contribution in [3.8, 4) is 5.75 Å². The lowest BCUT2D eigenvalue weighted by Gasteiger charge is -2.27. The molecule has 0 radical (unpaired) electrons. The topological polar surface area (TPSA) is 55.8 Å². The Bertz CT molecular complexity index is 799. The molecule has 0 aliphatic heterocycles. The second-order valence-corrected chi connectivity index (χ2v) is 7.26. The molecule has 0 N–H and O–H groups in total. The highest BCUT2D eigenvalue weighted by molar-refractivity contribution is 5.85. The Balaban J connectivity index is 2.07. The fourth-order valence-corrected chi connectivity index (χ4v) is 2.35. The van der Waals surface area contributed by atoms with Gasteiger partial charge in [0.15, 0.2) is 12.5 Å². The Morgan fingerprint density at radius 2 is 1.61 bits per heavy atom. The zero-order chi connectivity index (χ0) is 20.7. The Morgan fingerprint density at radius 3 is 2.18 bits per heavy atom. The van der Waals surface area contributed by atoms with E-state index in [-0.39, 0.29) is 24.5 Å². The molecule has 0 heterocycles. The zero-order valence-electron chi connectivity index (χ0n) is 16.1. The lowest BCUT2D eigenvalue weighted by Crippen LogP contribution is -2.42. The van der Waals surface area contributed by atoms with Gasteiger partial charge in [0.2, 0.25) is 0 Å². The molecule has 0 saturated carbocycles. The van der Waals surface area contributed by atoms with Gasteiger partial charge in [0, 0.05) is 24.6 Å². The predicted octanol–water partition coefficient (Wildman–Crippen LogP) is 4.35. The van der Waals surface area contributed by atoms with Gasteiger partial charge >= 0.3 is 6.09 Å². The van der Waals surface area contributed by atoms with Crippen LogP contribution in [-0.4, -0.2) is 35.7 Å². The largest absolute Gasteiger partial charge is 0.473 e. The van der Waals surface area contributed by atoms with E-state index in [2.05, 4.69) is 0 Å². The number of carbonyl (C=O) groups is 2. The van der Waals surface area contributed by atoms with Crippen LogP contribution in [0.2, 0.25) is 0 Å². The van der Waals surface area contributed by atoms with Crippen molar-refractivity contribution in [3.63, 3.8) is 0 Å². The molecule has 2 rings (SSSR count). The van der Waals surface area contributed by atoms with Crippen LogP contribution in [0.25, 0.3) is 0 Å². The van der Waals surface area contributed by atoms with E-state index in [0.29, 0.717) is 6.07 Å². The molecular weight excluding hydrogens is 368 g/mol. The summed E-state index contributed by atoms with van der Waals surface area (Å²) in [5, 5.41) is 0. The number of ether oxygens (including phenoxy) is 2. The van der Waals surface area contributed by atoms with Gasteiger partial charge in [-0.2, -0.15) is 0 Å². The Kier molecular flexibility index (Phi) is 7.09. The minimum atomic E-state index is -0.807. The maximum absolute atomic E-state index is 13.3. The number of ketones is 1. The van der Waals surface area contributed by atoms with Crippen LogP contribution in [-0.2, 0) is 16.0 Å². The van der Waals surface area contributed by atoms with Crippen molar-refractivity contribution in [2.45, 2.75) is 32.8 Å². The van der Waals surface area contributed by atoms with Crippen molar-refractivity contribution in [2.75, 3.05) is 13.3 Å². The molecule has 2 aromatic carbocycles. The third-order valence-electron chi connectivity index (χ3n) is 3.49. The molecule has 0 bridgehead atoms. The third-order valence-corrected chi connectivity index (χ3v) is 3.49. The van der Waals surface area contributed by atoms with E-state index in [0.717, 1.165) is 22.6 Å². The van der Waals surface area contributed by atoms with Crippen molar-refractivity contribution < 1.29 is 27.8 Å². The fourth-order valence-electron chi connectivity index (χ4n) is 2.35. The Hall–Kier alpha value is -2.96. The second kappa shape index (κ2) is 9.30. The van der Waals surface area contributed by atoms with Gasteiger partial charge in [-0.1, -0.05) is 30.3 Å². The van der Waals surface area contributed by atoms with Crippen molar-refractivity contribution >= 4 is 11.9 Å². The first-order valence-corrected chi connectivity index (χ1v) is 8.75. The van der Waals surface area contributed by atoms with E-state index in [9.17, 15) is 18.4 Å². The van der Waals surface area contributed by atoms with Crippen LogP contribution in [0, 0.1) is 11.6 Å². The molecule has 2 aromatic rings. The molecule has 5 nitrogen and oxygen atoms in total. The molecule has 150 valence electrons. The summed E-state index contributed by atoms with van der Waals surface area (Å²) in [6.45, 7) is 4.42. The summed E-state index contributed by atoms with van der Waals surface area (Å²) in [5.41, 5.74) is 0.0349. The van der Waals surface area contributed by atoms with Gasteiger partial charge in [0.1, 0.15) is 23.0 Å². The van der Waals surface area contributed by atoms with Gasteiger partial charge in [-0.3, -0.25) is 9.69 Å². The van der Waals surface area contributed by atoms with Crippen molar-refractivity contribution in [2.24, 2.45) is 0 Å². The number of carbonyl (C=O) groups excluding carboxylic acids is 2. The lowest BCUT2D eigenvalue weighted by molar-refractivity contribution is -0.120. The van der Waals surface area contributed by atoms with Crippen LogP contribution >= 0.6 is 0 Å². The number of halogens is 2. The predicted molar refractivity (Wildman–Crippen MR) is 99.9 cm³/mol. The standard InChI is InChI=1S/C21H23F2NO4/c1-21(2,3)28-20(26)24(13-18(25)9-15-7-5-4-6-8-15)14-27-19-11-16(22)10-17(23)12-19/h4-8,10-12H,9,13-14H2,1-3H3. The maximum Gasteiger partial charge on any atom is 0.413 e. The van der Waals surface area contributed by atoms with Crippen molar-refractivity contribution in [3.05, 3.63) is 65.7 Å². The Labute approximate surface area is 162 Å². The van der Waals surface area contributed by atoms with Gasteiger partial charge in [-0.25, -0.2) is 13.6 Å². The maximum atomic E-state index is 13.3. The van der Waals surface area contributed by atoms with Gasteiger partial charge in [-0.15, -0.1) is 0 Å². The molecule has 28 heavy (non-hydrogen) atoms. The van der Waals surface area contributed by atoms with E-state index in [4.69, 9.17) is 9.47 Å². The van der Waals surface area contributed by atoms with Gasteiger partial charge in [0.05, 0.1) is 6.54 Å². The van der Waals surface area contributed by atoms with E-state index >= 15 is 0 Å². The van der Waals surface area contributed by atoms with E-state index in [1.165, 1.54) is 0 Å². The molecule has 0 saturated heterocycles. The van der Waals surface area contributed by atoms with E-state index in [1.54, 1.807) is 20.8 Å². The zero-order valence-corrected chi connectivity index (χ0v) is 16.1. The van der Waals surface area contributed by atoms with Crippen LogP contribution in [0.5, 0.6) is 5.75 Å². The lowest BCUT2D eigenvalue weighted by atomic mass is 10.1. The Morgan fingerprint density at radius 1 is 1.00 bits per heavy atom. The fraction of sp³-hybridized carbons (Fsp3) is 0.333. The van der Waals surface area contributed by atoms with Crippen LogP contribution < -0.4 is 4.74 Å². The smallest absolute Gasteiger partial charge is 0.413 e. The summed E-state index contributed by atoms with van der Waals surface area (Å²) in [6, 6.07) is 11.8. The third kappa shape index (κ3) is 7.34. The van der Waals surface area contributed by atoms with Crippen LogP contribution in [0.1, 0.15) is 26.3 Å². The number of Topliss-reactive ketones (excluding diaryl/α,β-unsaturated/α-hetero) is 1. The first-order chi connectivity index (χ1) is 13.1. The minimum absolute atomic E-state index is 0.0958. The number of nitrogens with zero attached hydrogens (tertiary/aromatic N) is 1. The normalized spacial score (nSPS) is 11.0. The van der Waals surface area contributed by atoms with Gasteiger partial charge in [-0.05, 0) is 26.3 Å². The summed E-state index contributed by atoms with van der Waals surface area (Å²) < 4.78 is 37.2. The highest BCUT2D eigenvalue weighted by Crippen LogP contribution is 2.17. The summed E-state index contributed by atoms with van der Waals surface area (Å²) >= 11 is 0. The summed E-state index contributed by atoms with van der Waals surface area (Å²) in [7, 11) is 0. The van der Waals surface area contributed by atoms with Crippen LogP contribution in [0.15, 0.2) is 48.5 Å². The van der Waals surface area contributed by atoms with E-state index < -0.39 is 30.1 Å². The molecule has 0 atom stereocenters. The summed E-state index contributed by atoms with van der Waals surface area (Å²) in [5.74, 6) is -1.94. The quantitative estimate of drug-likeness (QED) is 0.659. The van der Waals surface area contributed by atoms with Crippen molar-refractivity contribution in [1.29, 1.82) is 0 Å². The van der Waals surface area contributed by atoms with Gasteiger partial charge in [0.25, 0.3) is 0 Å². The second-order valence-electron chi connectivity index (χ2n) is 7.26. The number of hydrogen-bond acceptors (Lipinski definition) is 4. The average molecular weight is 391 g/mol. The highest BCUT2D eigenvalue weighted by Gasteiger charge is 2.24. The average Bonchev–Trinajstić information content (AvgIpc) is 2.57. The molecule has 0 aliphatic carbocycles. The first kappa shape index (κ1) is 21.3. The number of amides is 1. The highest BCUT2D eigenvalue weighted by atomic mass is 19.1. The first-order valence-electron chi connectivity index (χ1n) is 8.75. The molecular formula is C21H23F2NO4. The van der Waals surface area contributed by atoms with Crippen LogP contribution in [0.3, 0.4) is 0 Å². The number of rotatable bonds is 7. The molecule has 0 aliphatic rings. The molecule has 0 fully saturated rings. The summed E-state index contributed by atoms with van der Waals surface area (Å²) in [6.07, 6.45) is -0.625. The molecule has 0 unspecified atom stereocenters. The monoisotopic (exact) mass is 391 g/mol. The van der Waals surface area contributed by atoms with E-state index in [1.807, 2.05) is 30.3 Å². The molecule has 0 spiro atoms. The SMILES string of the molecule is CC(C)(C)OC(=O)N(COc1cc(F)cc(F)c1)CC(=O)Cc1ccccc1. The summed E-state index contributed by atoms with van der Waals surface area (Å²) in [4.78, 5) is 25.9.